The van der Waals surface area contributed by atoms with Crippen LogP contribution in [0.15, 0.2) is 12.3 Å². The Morgan fingerprint density at radius 3 is 2.57 bits per heavy atom. The van der Waals surface area contributed by atoms with Crippen molar-refractivity contribution in [3.63, 3.8) is 0 Å². The van der Waals surface area contributed by atoms with Crippen molar-refractivity contribution in [1.82, 2.24) is 15.1 Å². The average molecular weight is 295 g/mol. The van der Waals surface area contributed by atoms with Crippen LogP contribution in [0.4, 0.5) is 0 Å². The lowest BCUT2D eigenvalue weighted by Crippen LogP contribution is -2.33. The molecule has 1 atom stereocenters. The molecule has 0 aromatic carbocycles. The highest BCUT2D eigenvalue weighted by Crippen LogP contribution is 2.18. The summed E-state index contributed by atoms with van der Waals surface area (Å²) in [6, 6.07) is 2.50. The van der Waals surface area contributed by atoms with Gasteiger partial charge in [0.2, 0.25) is 0 Å². The van der Waals surface area contributed by atoms with Crippen LogP contribution in [0.5, 0.6) is 0 Å². The number of rotatable bonds is 10. The lowest BCUT2D eigenvalue weighted by molar-refractivity contribution is 0.0502. The summed E-state index contributed by atoms with van der Waals surface area (Å²) in [6.07, 6.45) is 5.58. The first-order valence-electron chi connectivity index (χ1n) is 8.35. The molecule has 122 valence electrons. The molecule has 0 amide bonds. The number of hydrogen-bond acceptors (Lipinski definition) is 3. The number of hydrogen-bond donors (Lipinski definition) is 2. The maximum Gasteiger partial charge on any atom is 0.0687 e. The predicted octanol–water partition coefficient (Wildman–Crippen LogP) is 3.17. The lowest BCUT2D eigenvalue weighted by atomic mass is 9.96. The largest absolute Gasteiger partial charge is 0.390 e. The van der Waals surface area contributed by atoms with Crippen molar-refractivity contribution in [3.05, 3.63) is 18.0 Å². The van der Waals surface area contributed by atoms with Crippen LogP contribution in [0.2, 0.25) is 0 Å². The van der Waals surface area contributed by atoms with Gasteiger partial charge in [0.05, 0.1) is 17.3 Å². The zero-order valence-corrected chi connectivity index (χ0v) is 14.4. The monoisotopic (exact) mass is 295 g/mol. The molecule has 0 aliphatic carbocycles. The maximum absolute atomic E-state index is 10.5. The van der Waals surface area contributed by atoms with Gasteiger partial charge < -0.3 is 10.4 Å². The summed E-state index contributed by atoms with van der Waals surface area (Å²) in [4.78, 5) is 0. The third-order valence-corrected chi connectivity index (χ3v) is 3.94. The van der Waals surface area contributed by atoms with E-state index in [4.69, 9.17) is 0 Å². The molecule has 0 saturated carbocycles. The number of nitrogens with one attached hydrogen (secondary N) is 1. The molecule has 2 N–H and O–H groups in total. The molecule has 0 fully saturated rings. The van der Waals surface area contributed by atoms with Crippen LogP contribution >= 0.6 is 0 Å². The first-order chi connectivity index (χ1) is 9.88. The van der Waals surface area contributed by atoms with E-state index < -0.39 is 5.60 Å². The summed E-state index contributed by atoms with van der Waals surface area (Å²) in [7, 11) is 0. The summed E-state index contributed by atoms with van der Waals surface area (Å²) in [6.45, 7) is 12.5. The molecular weight excluding hydrogens is 262 g/mol. The van der Waals surface area contributed by atoms with Gasteiger partial charge in [-0.1, -0.05) is 27.7 Å². The summed E-state index contributed by atoms with van der Waals surface area (Å²) in [5, 5.41) is 18.5. The lowest BCUT2D eigenvalue weighted by Gasteiger charge is -2.23. The molecule has 1 rings (SSSR count). The molecule has 0 aliphatic rings. The smallest absolute Gasteiger partial charge is 0.0687 e. The highest BCUT2D eigenvalue weighted by Gasteiger charge is 2.22. The molecule has 0 radical (unpaired) electrons. The summed E-state index contributed by atoms with van der Waals surface area (Å²) < 4.78 is 2.04. The molecule has 0 spiro atoms. The topological polar surface area (TPSA) is 50.1 Å². The van der Waals surface area contributed by atoms with Gasteiger partial charge in [0.1, 0.15) is 0 Å². The molecule has 0 aliphatic heterocycles. The van der Waals surface area contributed by atoms with E-state index in [0.29, 0.717) is 18.4 Å². The molecule has 1 unspecified atom stereocenters. The molecule has 1 aromatic heterocycles. The standard InChI is InChI=1S/C17H33N3O/c1-6-16(7-2)20-11-8-15(19-20)12-17(5,21)9-10-18-13-14(3)4/h8,11,14,16,18,21H,6-7,9-10,12-13H2,1-5H3. The van der Waals surface area contributed by atoms with Crippen molar-refractivity contribution in [1.29, 1.82) is 0 Å². The second-order valence-corrected chi connectivity index (χ2v) is 6.78. The van der Waals surface area contributed by atoms with Crippen LogP contribution in [-0.4, -0.2) is 33.6 Å². The number of nitrogens with zero attached hydrogens (tertiary/aromatic N) is 2. The minimum Gasteiger partial charge on any atom is -0.390 e. The second-order valence-electron chi connectivity index (χ2n) is 6.78. The first kappa shape index (κ1) is 18.2. The van der Waals surface area contributed by atoms with E-state index in [9.17, 15) is 5.11 Å². The average Bonchev–Trinajstić information content (AvgIpc) is 2.83. The molecule has 4 heteroatoms. The van der Waals surface area contributed by atoms with Crippen LogP contribution in [0, 0.1) is 5.92 Å². The van der Waals surface area contributed by atoms with E-state index in [1.807, 2.05) is 23.9 Å². The zero-order valence-electron chi connectivity index (χ0n) is 14.4. The van der Waals surface area contributed by atoms with Gasteiger partial charge in [-0.25, -0.2) is 0 Å². The molecule has 4 nitrogen and oxygen atoms in total. The molecule has 0 saturated heterocycles. The second kappa shape index (κ2) is 8.54. The fraction of sp³-hybridized carbons (Fsp3) is 0.824. The van der Waals surface area contributed by atoms with Gasteiger partial charge in [-0.2, -0.15) is 5.10 Å². The van der Waals surface area contributed by atoms with Gasteiger partial charge in [0.25, 0.3) is 0 Å². The Hall–Kier alpha value is -0.870. The molecule has 1 aromatic rings. The summed E-state index contributed by atoms with van der Waals surface area (Å²) in [5.41, 5.74) is 0.285. The maximum atomic E-state index is 10.5. The molecular formula is C17H33N3O. The summed E-state index contributed by atoms with van der Waals surface area (Å²) in [5.74, 6) is 0.644. The quantitative estimate of drug-likeness (QED) is 0.652. The van der Waals surface area contributed by atoms with Crippen LogP contribution in [0.1, 0.15) is 65.6 Å². The van der Waals surface area contributed by atoms with E-state index >= 15 is 0 Å². The van der Waals surface area contributed by atoms with E-state index in [-0.39, 0.29) is 0 Å². The van der Waals surface area contributed by atoms with Gasteiger partial charge >= 0.3 is 0 Å². The third-order valence-electron chi connectivity index (χ3n) is 3.94. The first-order valence-corrected chi connectivity index (χ1v) is 8.35. The minimum absolute atomic E-state index is 0.469. The van der Waals surface area contributed by atoms with E-state index in [2.05, 4.69) is 38.1 Å². The predicted molar refractivity (Wildman–Crippen MR) is 88.5 cm³/mol. The van der Waals surface area contributed by atoms with Crippen LogP contribution in [0.25, 0.3) is 0 Å². The highest BCUT2D eigenvalue weighted by atomic mass is 16.3. The number of aromatic nitrogens is 2. The Bertz CT molecular complexity index is 394. The van der Waals surface area contributed by atoms with E-state index in [1.54, 1.807) is 0 Å². The normalized spacial score (nSPS) is 14.9. The van der Waals surface area contributed by atoms with Gasteiger partial charge in [-0.05, 0) is 51.3 Å². The molecule has 1 heterocycles. The minimum atomic E-state index is -0.697. The van der Waals surface area contributed by atoms with Gasteiger partial charge in [0.15, 0.2) is 0 Å². The van der Waals surface area contributed by atoms with Crippen molar-refractivity contribution in [2.45, 2.75) is 71.9 Å². The Morgan fingerprint density at radius 1 is 1.33 bits per heavy atom. The van der Waals surface area contributed by atoms with Gasteiger partial charge in [0, 0.05) is 12.6 Å². The molecule has 0 bridgehead atoms. The number of aliphatic hydroxyl groups is 1. The van der Waals surface area contributed by atoms with Crippen molar-refractivity contribution in [2.75, 3.05) is 13.1 Å². The highest BCUT2D eigenvalue weighted by molar-refractivity contribution is 5.04. The van der Waals surface area contributed by atoms with Crippen molar-refractivity contribution >= 4 is 0 Å². The summed E-state index contributed by atoms with van der Waals surface area (Å²) >= 11 is 0. The molecule has 21 heavy (non-hydrogen) atoms. The fourth-order valence-corrected chi connectivity index (χ4v) is 2.56. The van der Waals surface area contributed by atoms with Crippen LogP contribution in [0.3, 0.4) is 0 Å². The SMILES string of the molecule is CCC(CC)n1ccc(CC(C)(O)CCNCC(C)C)n1. The van der Waals surface area contributed by atoms with Crippen molar-refractivity contribution < 1.29 is 5.11 Å². The Balaban J connectivity index is 2.47. The van der Waals surface area contributed by atoms with Crippen LogP contribution in [-0.2, 0) is 6.42 Å². The van der Waals surface area contributed by atoms with Crippen molar-refractivity contribution in [3.8, 4) is 0 Å². The Kier molecular flexibility index (Phi) is 7.40. The van der Waals surface area contributed by atoms with E-state index in [0.717, 1.165) is 38.0 Å². The van der Waals surface area contributed by atoms with Crippen LogP contribution < -0.4 is 5.32 Å². The van der Waals surface area contributed by atoms with Gasteiger partial charge in [-0.3, -0.25) is 4.68 Å². The Morgan fingerprint density at radius 2 is 2.00 bits per heavy atom. The van der Waals surface area contributed by atoms with Crippen molar-refractivity contribution in [2.24, 2.45) is 5.92 Å². The zero-order chi connectivity index (χ0) is 15.9. The fourth-order valence-electron chi connectivity index (χ4n) is 2.56. The third kappa shape index (κ3) is 6.62. The van der Waals surface area contributed by atoms with Gasteiger partial charge in [-0.15, -0.1) is 0 Å². The van der Waals surface area contributed by atoms with E-state index in [1.165, 1.54) is 0 Å². The Labute approximate surface area is 129 Å².